The molecule has 0 saturated carbocycles. The molecule has 3 aromatic rings. The molecule has 2 aromatic heterocycles. The first-order chi connectivity index (χ1) is 17.3. The minimum absolute atomic E-state index is 0.0199. The number of halogens is 2. The SMILES string of the molecule is Cc1cc(Nc2nn(C3COCC[C@@H]3C#N)c3cc[nH]c(=O)c23)ccc1C(=O)N1CCC(F)(F)CC1. The van der Waals surface area contributed by atoms with Crippen molar-refractivity contribution in [3.8, 4) is 6.07 Å². The molecule has 1 amide bonds. The van der Waals surface area contributed by atoms with E-state index in [1.165, 1.54) is 4.90 Å². The number of nitriles is 1. The maximum atomic E-state index is 13.5. The highest BCUT2D eigenvalue weighted by Gasteiger charge is 2.36. The molecular formula is C25H26F2N6O3. The molecule has 4 heterocycles. The Morgan fingerprint density at radius 3 is 2.81 bits per heavy atom. The zero-order valence-corrected chi connectivity index (χ0v) is 19.8. The molecule has 0 spiro atoms. The molecule has 188 valence electrons. The Bertz CT molecular complexity index is 1400. The Labute approximate surface area is 205 Å². The summed E-state index contributed by atoms with van der Waals surface area (Å²) in [4.78, 5) is 29.8. The van der Waals surface area contributed by atoms with Gasteiger partial charge in [0.05, 0.1) is 30.2 Å². The highest BCUT2D eigenvalue weighted by Crippen LogP contribution is 2.33. The number of carbonyl (C=O) groups excluding carboxylic acids is 1. The largest absolute Gasteiger partial charge is 0.379 e. The monoisotopic (exact) mass is 496 g/mol. The van der Waals surface area contributed by atoms with Crippen molar-refractivity contribution in [1.29, 1.82) is 5.26 Å². The van der Waals surface area contributed by atoms with Crippen molar-refractivity contribution >= 4 is 28.3 Å². The summed E-state index contributed by atoms with van der Waals surface area (Å²) in [5, 5.41) is 17.8. The van der Waals surface area contributed by atoms with Crippen LogP contribution in [0.4, 0.5) is 20.3 Å². The topological polar surface area (TPSA) is 116 Å². The number of alkyl halides is 2. The van der Waals surface area contributed by atoms with Gasteiger partial charge in [-0.25, -0.2) is 8.78 Å². The summed E-state index contributed by atoms with van der Waals surface area (Å²) < 4.78 is 34.2. The number of ether oxygens (including phenoxy) is 1. The van der Waals surface area contributed by atoms with E-state index in [9.17, 15) is 23.6 Å². The predicted octanol–water partition coefficient (Wildman–Crippen LogP) is 3.75. The van der Waals surface area contributed by atoms with Crippen LogP contribution in [0.15, 0.2) is 35.3 Å². The van der Waals surface area contributed by atoms with E-state index in [2.05, 4.69) is 21.5 Å². The summed E-state index contributed by atoms with van der Waals surface area (Å²) >= 11 is 0. The van der Waals surface area contributed by atoms with E-state index in [0.717, 1.165) is 0 Å². The molecule has 2 fully saturated rings. The first kappa shape index (κ1) is 23.9. The second kappa shape index (κ2) is 9.35. The second-order valence-corrected chi connectivity index (χ2v) is 9.33. The molecule has 0 radical (unpaired) electrons. The van der Waals surface area contributed by atoms with Gasteiger partial charge in [-0.2, -0.15) is 10.4 Å². The molecule has 0 aliphatic carbocycles. The van der Waals surface area contributed by atoms with Gasteiger partial charge in [0, 0.05) is 50.0 Å². The quantitative estimate of drug-likeness (QED) is 0.568. The number of nitrogens with one attached hydrogen (secondary N) is 2. The second-order valence-electron chi connectivity index (χ2n) is 9.33. The number of hydrogen-bond acceptors (Lipinski definition) is 6. The Balaban J connectivity index is 1.43. The number of nitrogens with zero attached hydrogens (tertiary/aromatic N) is 4. The molecule has 11 heteroatoms. The van der Waals surface area contributed by atoms with Crippen molar-refractivity contribution < 1.29 is 18.3 Å². The summed E-state index contributed by atoms with van der Waals surface area (Å²) in [7, 11) is 0. The zero-order chi connectivity index (χ0) is 25.4. The van der Waals surface area contributed by atoms with Gasteiger partial charge in [-0.1, -0.05) is 0 Å². The van der Waals surface area contributed by atoms with Gasteiger partial charge in [-0.05, 0) is 43.2 Å². The minimum atomic E-state index is -2.72. The number of rotatable bonds is 4. The number of aromatic amines is 1. The molecule has 5 rings (SSSR count). The Hall–Kier alpha value is -3.78. The van der Waals surface area contributed by atoms with Crippen LogP contribution >= 0.6 is 0 Å². The average Bonchev–Trinajstić information content (AvgIpc) is 3.23. The Kier molecular flexibility index (Phi) is 6.22. The third-order valence-corrected chi connectivity index (χ3v) is 6.94. The van der Waals surface area contributed by atoms with E-state index >= 15 is 0 Å². The first-order valence-corrected chi connectivity index (χ1v) is 11.9. The lowest BCUT2D eigenvalue weighted by Gasteiger charge is -2.32. The lowest BCUT2D eigenvalue weighted by molar-refractivity contribution is -0.0494. The highest BCUT2D eigenvalue weighted by atomic mass is 19.3. The van der Waals surface area contributed by atoms with Crippen LogP contribution in [0.2, 0.25) is 0 Å². The van der Waals surface area contributed by atoms with Gasteiger partial charge < -0.3 is 19.9 Å². The van der Waals surface area contributed by atoms with Crippen molar-refractivity contribution in [3.63, 3.8) is 0 Å². The summed E-state index contributed by atoms with van der Waals surface area (Å²) in [5.74, 6) is -2.97. The molecule has 2 N–H and O–H groups in total. The molecule has 0 bridgehead atoms. The van der Waals surface area contributed by atoms with E-state index in [1.54, 1.807) is 42.1 Å². The minimum Gasteiger partial charge on any atom is -0.379 e. The molecule has 1 aromatic carbocycles. The van der Waals surface area contributed by atoms with Gasteiger partial charge in [-0.15, -0.1) is 0 Å². The number of carbonyl (C=O) groups is 1. The van der Waals surface area contributed by atoms with Crippen LogP contribution in [0.25, 0.3) is 10.9 Å². The highest BCUT2D eigenvalue weighted by molar-refractivity contribution is 5.96. The molecule has 2 saturated heterocycles. The van der Waals surface area contributed by atoms with E-state index in [0.29, 0.717) is 53.2 Å². The fraction of sp³-hybridized carbons (Fsp3) is 0.440. The summed E-state index contributed by atoms with van der Waals surface area (Å²) in [6, 6.07) is 8.84. The summed E-state index contributed by atoms with van der Waals surface area (Å²) in [6.07, 6.45) is 1.46. The van der Waals surface area contributed by atoms with Crippen molar-refractivity contribution in [2.45, 2.75) is 38.2 Å². The van der Waals surface area contributed by atoms with Crippen LogP contribution in [0, 0.1) is 24.2 Å². The van der Waals surface area contributed by atoms with Crippen molar-refractivity contribution in [3.05, 3.63) is 51.9 Å². The van der Waals surface area contributed by atoms with E-state index < -0.39 is 5.92 Å². The maximum absolute atomic E-state index is 13.5. The lowest BCUT2D eigenvalue weighted by Crippen LogP contribution is -2.42. The van der Waals surface area contributed by atoms with Crippen LogP contribution in [0.1, 0.15) is 41.2 Å². The number of piperidine rings is 1. The lowest BCUT2D eigenvalue weighted by atomic mass is 9.96. The van der Waals surface area contributed by atoms with Crippen LogP contribution < -0.4 is 10.9 Å². The summed E-state index contributed by atoms with van der Waals surface area (Å²) in [6.45, 7) is 2.64. The molecule has 2 atom stereocenters. The van der Waals surface area contributed by atoms with E-state index in [-0.39, 0.29) is 49.4 Å². The molecule has 9 nitrogen and oxygen atoms in total. The zero-order valence-electron chi connectivity index (χ0n) is 19.8. The normalized spacial score (nSPS) is 21.8. The Morgan fingerprint density at radius 2 is 2.08 bits per heavy atom. The maximum Gasteiger partial charge on any atom is 0.261 e. The number of aryl methyl sites for hydroxylation is 1. The van der Waals surface area contributed by atoms with Gasteiger partial charge in [0.1, 0.15) is 5.39 Å². The number of amides is 1. The van der Waals surface area contributed by atoms with Crippen LogP contribution in [0.5, 0.6) is 0 Å². The smallest absolute Gasteiger partial charge is 0.261 e. The summed E-state index contributed by atoms with van der Waals surface area (Å²) in [5.41, 5.74) is 1.99. The van der Waals surface area contributed by atoms with Crippen LogP contribution in [-0.2, 0) is 4.74 Å². The van der Waals surface area contributed by atoms with Gasteiger partial charge in [-0.3, -0.25) is 14.3 Å². The van der Waals surface area contributed by atoms with Gasteiger partial charge in [0.25, 0.3) is 17.4 Å². The number of hydrogen-bond donors (Lipinski definition) is 2. The standard InChI is InChI=1S/C25H26F2N6O3/c1-15-12-17(2-3-18(15)24(35)32-9-6-25(26,27)7-10-32)30-22-21-19(4-8-29-23(21)34)33(31-22)20-14-36-11-5-16(20)13-28/h2-4,8,12,16,20H,5-7,9-11,14H2,1H3,(H,29,34)(H,30,31)/t16-,20?/m1/s1. The number of anilines is 2. The molecule has 2 aliphatic heterocycles. The average molecular weight is 497 g/mol. The van der Waals surface area contributed by atoms with E-state index in [4.69, 9.17) is 4.74 Å². The fourth-order valence-electron chi connectivity index (χ4n) is 4.88. The number of fused-ring (bicyclic) bond motifs is 1. The fourth-order valence-corrected chi connectivity index (χ4v) is 4.88. The van der Waals surface area contributed by atoms with Crippen LogP contribution in [0.3, 0.4) is 0 Å². The number of benzene rings is 1. The number of aromatic nitrogens is 3. The third kappa shape index (κ3) is 4.44. The first-order valence-electron chi connectivity index (χ1n) is 11.9. The molecular weight excluding hydrogens is 470 g/mol. The molecule has 2 aliphatic rings. The van der Waals surface area contributed by atoms with Crippen molar-refractivity contribution in [2.24, 2.45) is 5.92 Å². The number of H-pyrrole nitrogens is 1. The van der Waals surface area contributed by atoms with Crippen molar-refractivity contribution in [2.75, 3.05) is 31.6 Å². The number of likely N-dealkylation sites (tertiary alicyclic amines) is 1. The molecule has 1 unspecified atom stereocenters. The third-order valence-electron chi connectivity index (χ3n) is 6.94. The molecule has 36 heavy (non-hydrogen) atoms. The van der Waals surface area contributed by atoms with Gasteiger partial charge >= 0.3 is 0 Å². The predicted molar refractivity (Wildman–Crippen MR) is 128 cm³/mol. The van der Waals surface area contributed by atoms with Gasteiger partial charge in [0.2, 0.25) is 0 Å². The Morgan fingerprint density at radius 1 is 1.31 bits per heavy atom. The van der Waals surface area contributed by atoms with Crippen LogP contribution in [-0.4, -0.2) is 57.8 Å². The van der Waals surface area contributed by atoms with E-state index in [1.807, 2.05) is 0 Å². The number of pyridine rings is 1. The van der Waals surface area contributed by atoms with Gasteiger partial charge in [0.15, 0.2) is 5.82 Å². The van der Waals surface area contributed by atoms with Crippen molar-refractivity contribution in [1.82, 2.24) is 19.7 Å².